The standard InChI is InChI=1S/C16H17N/c1-2-17-16(15-12-8-5-9-13-15)14-10-6-3-4-7-11-14/h3,5-13H,2,4H2,1H3. The summed E-state index contributed by atoms with van der Waals surface area (Å²) in [5.74, 6) is 0. The van der Waals surface area contributed by atoms with Gasteiger partial charge in [0.05, 0.1) is 5.71 Å². The van der Waals surface area contributed by atoms with Crippen LogP contribution in [0.1, 0.15) is 18.9 Å². The Balaban J connectivity index is 2.40. The van der Waals surface area contributed by atoms with Crippen LogP contribution in [0.5, 0.6) is 0 Å². The van der Waals surface area contributed by atoms with E-state index in [1.54, 1.807) is 0 Å². The summed E-state index contributed by atoms with van der Waals surface area (Å²) in [6.07, 6.45) is 11.7. The maximum Gasteiger partial charge on any atom is 0.0718 e. The summed E-state index contributed by atoms with van der Waals surface area (Å²) in [6.45, 7) is 2.87. The second-order valence-corrected chi connectivity index (χ2v) is 3.88. The van der Waals surface area contributed by atoms with Crippen molar-refractivity contribution in [2.45, 2.75) is 13.3 Å². The fourth-order valence-electron chi connectivity index (χ4n) is 1.84. The van der Waals surface area contributed by atoms with Crippen LogP contribution < -0.4 is 0 Å². The summed E-state index contributed by atoms with van der Waals surface area (Å²) in [4.78, 5) is 4.62. The predicted molar refractivity (Wildman–Crippen MR) is 74.5 cm³/mol. The summed E-state index contributed by atoms with van der Waals surface area (Å²) in [7, 11) is 0. The SMILES string of the molecule is CCN=C(C1=CC=CCC=C1)c1ccccc1. The van der Waals surface area contributed by atoms with Crippen molar-refractivity contribution >= 4 is 5.71 Å². The van der Waals surface area contributed by atoms with Gasteiger partial charge in [-0.3, -0.25) is 4.99 Å². The molecule has 0 aromatic heterocycles. The first kappa shape index (κ1) is 11.6. The summed E-state index contributed by atoms with van der Waals surface area (Å²) in [5.41, 5.74) is 3.45. The number of benzene rings is 1. The third kappa shape index (κ3) is 3.04. The number of nitrogens with zero attached hydrogens (tertiary/aromatic N) is 1. The van der Waals surface area contributed by atoms with Crippen molar-refractivity contribution in [3.8, 4) is 0 Å². The molecule has 1 aromatic rings. The van der Waals surface area contributed by atoms with Gasteiger partial charge in [-0.2, -0.15) is 0 Å². The monoisotopic (exact) mass is 223 g/mol. The lowest BCUT2D eigenvalue weighted by Crippen LogP contribution is -2.04. The molecule has 0 spiro atoms. The first-order valence-corrected chi connectivity index (χ1v) is 6.05. The van der Waals surface area contributed by atoms with Crippen LogP contribution in [0.3, 0.4) is 0 Å². The van der Waals surface area contributed by atoms with Gasteiger partial charge in [0, 0.05) is 12.1 Å². The Morgan fingerprint density at radius 2 is 2.00 bits per heavy atom. The minimum Gasteiger partial charge on any atom is -0.284 e. The van der Waals surface area contributed by atoms with Crippen molar-refractivity contribution in [2.24, 2.45) is 4.99 Å². The van der Waals surface area contributed by atoms with Gasteiger partial charge in [-0.1, -0.05) is 60.7 Å². The molecule has 0 unspecified atom stereocenters. The minimum absolute atomic E-state index is 0.805. The Morgan fingerprint density at radius 3 is 2.76 bits per heavy atom. The van der Waals surface area contributed by atoms with Crippen LogP contribution in [0, 0.1) is 0 Å². The van der Waals surface area contributed by atoms with Gasteiger partial charge in [0.2, 0.25) is 0 Å². The van der Waals surface area contributed by atoms with Gasteiger partial charge >= 0.3 is 0 Å². The van der Waals surface area contributed by atoms with E-state index in [4.69, 9.17) is 0 Å². The summed E-state index contributed by atoms with van der Waals surface area (Å²) in [5, 5.41) is 0. The lowest BCUT2D eigenvalue weighted by Gasteiger charge is -2.07. The number of allylic oxidation sites excluding steroid dienone is 6. The Morgan fingerprint density at radius 1 is 1.18 bits per heavy atom. The van der Waals surface area contributed by atoms with Crippen molar-refractivity contribution in [3.63, 3.8) is 0 Å². The molecule has 0 aliphatic heterocycles. The molecular weight excluding hydrogens is 206 g/mol. The Kier molecular flexibility index (Phi) is 4.09. The molecule has 0 amide bonds. The van der Waals surface area contributed by atoms with E-state index < -0.39 is 0 Å². The van der Waals surface area contributed by atoms with Gasteiger partial charge < -0.3 is 0 Å². The van der Waals surface area contributed by atoms with Crippen molar-refractivity contribution < 1.29 is 0 Å². The number of hydrogen-bond donors (Lipinski definition) is 0. The van der Waals surface area contributed by atoms with E-state index in [1.165, 1.54) is 11.1 Å². The highest BCUT2D eigenvalue weighted by atomic mass is 14.7. The molecule has 0 saturated carbocycles. The molecule has 1 aromatic carbocycles. The number of aliphatic imine (C=N–C) groups is 1. The van der Waals surface area contributed by atoms with Crippen molar-refractivity contribution in [1.82, 2.24) is 0 Å². The van der Waals surface area contributed by atoms with Crippen LogP contribution in [-0.4, -0.2) is 12.3 Å². The Hall–Kier alpha value is -1.89. The zero-order chi connectivity index (χ0) is 11.9. The zero-order valence-electron chi connectivity index (χ0n) is 10.1. The minimum atomic E-state index is 0.805. The smallest absolute Gasteiger partial charge is 0.0718 e. The van der Waals surface area contributed by atoms with Crippen molar-refractivity contribution in [1.29, 1.82) is 0 Å². The molecule has 0 atom stereocenters. The lowest BCUT2D eigenvalue weighted by atomic mass is 10.0. The van der Waals surface area contributed by atoms with E-state index in [1.807, 2.05) is 6.07 Å². The van der Waals surface area contributed by atoms with E-state index in [0.717, 1.165) is 18.7 Å². The molecule has 0 bridgehead atoms. The van der Waals surface area contributed by atoms with Crippen LogP contribution in [0.25, 0.3) is 0 Å². The van der Waals surface area contributed by atoms with Gasteiger partial charge in [0.1, 0.15) is 0 Å². The molecule has 0 radical (unpaired) electrons. The summed E-state index contributed by atoms with van der Waals surface area (Å²) < 4.78 is 0. The molecule has 2 rings (SSSR count). The molecule has 1 aliphatic rings. The van der Waals surface area contributed by atoms with Gasteiger partial charge in [-0.05, 0) is 18.9 Å². The van der Waals surface area contributed by atoms with Gasteiger partial charge in [-0.15, -0.1) is 0 Å². The Bertz CT molecular complexity index is 476. The van der Waals surface area contributed by atoms with Crippen molar-refractivity contribution in [2.75, 3.05) is 6.54 Å². The molecule has 0 heterocycles. The third-order valence-electron chi connectivity index (χ3n) is 2.62. The zero-order valence-corrected chi connectivity index (χ0v) is 10.1. The second kappa shape index (κ2) is 6.00. The molecule has 86 valence electrons. The van der Waals surface area contributed by atoms with Gasteiger partial charge in [0.25, 0.3) is 0 Å². The third-order valence-corrected chi connectivity index (χ3v) is 2.62. The van der Waals surface area contributed by atoms with E-state index in [9.17, 15) is 0 Å². The predicted octanol–water partition coefficient (Wildman–Crippen LogP) is 3.94. The van der Waals surface area contributed by atoms with Crippen LogP contribution in [0.4, 0.5) is 0 Å². The molecule has 1 nitrogen and oxygen atoms in total. The fourth-order valence-corrected chi connectivity index (χ4v) is 1.84. The van der Waals surface area contributed by atoms with Crippen molar-refractivity contribution in [3.05, 3.63) is 71.8 Å². The fraction of sp³-hybridized carbons (Fsp3) is 0.188. The molecule has 17 heavy (non-hydrogen) atoms. The molecular formula is C16H17N. The first-order chi connectivity index (χ1) is 8.42. The van der Waals surface area contributed by atoms with Crippen LogP contribution in [-0.2, 0) is 0 Å². The second-order valence-electron chi connectivity index (χ2n) is 3.88. The summed E-state index contributed by atoms with van der Waals surface area (Å²) in [6, 6.07) is 10.4. The van der Waals surface area contributed by atoms with E-state index >= 15 is 0 Å². The highest BCUT2D eigenvalue weighted by molar-refractivity contribution is 6.14. The highest BCUT2D eigenvalue weighted by Crippen LogP contribution is 2.14. The van der Waals surface area contributed by atoms with E-state index in [0.29, 0.717) is 0 Å². The average molecular weight is 223 g/mol. The van der Waals surface area contributed by atoms with E-state index in [2.05, 4.69) is 66.6 Å². The molecule has 1 aliphatic carbocycles. The molecule has 0 N–H and O–H groups in total. The van der Waals surface area contributed by atoms with E-state index in [-0.39, 0.29) is 0 Å². The van der Waals surface area contributed by atoms with Crippen LogP contribution in [0.15, 0.2) is 71.3 Å². The maximum absolute atomic E-state index is 4.62. The quantitative estimate of drug-likeness (QED) is 0.688. The van der Waals surface area contributed by atoms with Gasteiger partial charge in [0.15, 0.2) is 0 Å². The van der Waals surface area contributed by atoms with Gasteiger partial charge in [-0.25, -0.2) is 0 Å². The normalized spacial score (nSPS) is 15.6. The van der Waals surface area contributed by atoms with Crippen LogP contribution in [0.2, 0.25) is 0 Å². The summed E-state index contributed by atoms with van der Waals surface area (Å²) >= 11 is 0. The average Bonchev–Trinajstić information content (AvgIpc) is 2.66. The molecule has 1 heteroatoms. The highest BCUT2D eigenvalue weighted by Gasteiger charge is 2.06. The largest absolute Gasteiger partial charge is 0.284 e. The molecule has 0 saturated heterocycles. The topological polar surface area (TPSA) is 12.4 Å². The number of rotatable bonds is 3. The first-order valence-electron chi connectivity index (χ1n) is 6.05. The Labute approximate surface area is 103 Å². The molecule has 0 fully saturated rings. The van der Waals surface area contributed by atoms with Crippen LogP contribution >= 0.6 is 0 Å². The number of hydrogen-bond acceptors (Lipinski definition) is 1. The lowest BCUT2D eigenvalue weighted by molar-refractivity contribution is 1.13. The maximum atomic E-state index is 4.62.